The van der Waals surface area contributed by atoms with Crippen molar-refractivity contribution >= 4 is 17.2 Å². The molecule has 1 aliphatic heterocycles. The van der Waals surface area contributed by atoms with Gasteiger partial charge in [-0.25, -0.2) is 4.98 Å². The normalized spacial score (nSPS) is 20.6. The minimum Gasteiger partial charge on any atom is -0.409 e. The van der Waals surface area contributed by atoms with Gasteiger partial charge in [-0.05, 0) is 6.42 Å². The first-order chi connectivity index (χ1) is 9.24. The molecule has 0 spiro atoms. The molecule has 0 aliphatic carbocycles. The Bertz CT molecular complexity index is 400. The molecule has 19 heavy (non-hydrogen) atoms. The molecule has 2 rings (SSSR count). The van der Waals surface area contributed by atoms with Crippen molar-refractivity contribution in [3.05, 3.63) is 16.6 Å². The topological polar surface area (TPSA) is 78.0 Å². The minimum atomic E-state index is 0.0482. The van der Waals surface area contributed by atoms with E-state index >= 15 is 0 Å². The number of hydrogen-bond donors (Lipinski definition) is 2. The van der Waals surface area contributed by atoms with Gasteiger partial charge >= 0.3 is 0 Å². The van der Waals surface area contributed by atoms with Crippen LogP contribution in [0.2, 0.25) is 0 Å². The van der Waals surface area contributed by atoms with Crippen LogP contribution >= 0.6 is 11.3 Å². The molecule has 1 aromatic heterocycles. The molecule has 0 saturated carbocycles. The van der Waals surface area contributed by atoms with Crippen LogP contribution in [-0.2, 0) is 6.54 Å². The van der Waals surface area contributed by atoms with E-state index in [4.69, 9.17) is 10.9 Å². The van der Waals surface area contributed by atoms with Crippen LogP contribution in [0.5, 0.6) is 0 Å². The largest absolute Gasteiger partial charge is 0.409 e. The highest BCUT2D eigenvalue weighted by atomic mass is 32.1. The molecule has 2 heterocycles. The number of amidine groups is 1. The SMILES string of the molecule is CCC(C(N)=NO)N1CCN(Cc2nccs2)CC1. The highest BCUT2D eigenvalue weighted by Gasteiger charge is 2.25. The molecule has 3 N–H and O–H groups in total. The highest BCUT2D eigenvalue weighted by molar-refractivity contribution is 7.09. The van der Waals surface area contributed by atoms with E-state index in [0.717, 1.165) is 44.2 Å². The van der Waals surface area contributed by atoms with E-state index in [-0.39, 0.29) is 6.04 Å². The third-order valence-electron chi connectivity index (χ3n) is 3.53. The van der Waals surface area contributed by atoms with E-state index in [2.05, 4.69) is 26.9 Å². The maximum atomic E-state index is 8.81. The molecule has 0 radical (unpaired) electrons. The summed E-state index contributed by atoms with van der Waals surface area (Å²) < 4.78 is 0. The zero-order valence-electron chi connectivity index (χ0n) is 11.2. The van der Waals surface area contributed by atoms with E-state index in [1.807, 2.05) is 11.6 Å². The van der Waals surface area contributed by atoms with Crippen molar-refractivity contribution in [3.63, 3.8) is 0 Å². The Labute approximate surface area is 117 Å². The molecule has 0 amide bonds. The molecular weight excluding hydrogens is 262 g/mol. The van der Waals surface area contributed by atoms with E-state index in [1.165, 1.54) is 0 Å². The molecule has 1 unspecified atom stereocenters. The van der Waals surface area contributed by atoms with Gasteiger partial charge in [0.05, 0.1) is 12.6 Å². The Balaban J connectivity index is 1.84. The Morgan fingerprint density at radius 1 is 1.53 bits per heavy atom. The van der Waals surface area contributed by atoms with Gasteiger partial charge in [0.15, 0.2) is 5.84 Å². The van der Waals surface area contributed by atoms with Crippen LogP contribution in [0.15, 0.2) is 16.7 Å². The van der Waals surface area contributed by atoms with E-state index in [1.54, 1.807) is 11.3 Å². The molecule has 1 atom stereocenters. The number of thiazole rings is 1. The molecule has 106 valence electrons. The van der Waals surface area contributed by atoms with Gasteiger partial charge in [0, 0.05) is 37.8 Å². The second kappa shape index (κ2) is 6.83. The zero-order chi connectivity index (χ0) is 13.7. The van der Waals surface area contributed by atoms with Crippen LogP contribution in [-0.4, -0.2) is 58.0 Å². The second-order valence-corrected chi connectivity index (χ2v) is 5.67. The molecule has 0 bridgehead atoms. The van der Waals surface area contributed by atoms with Crippen molar-refractivity contribution in [1.82, 2.24) is 14.8 Å². The lowest BCUT2D eigenvalue weighted by Gasteiger charge is -2.38. The molecule has 0 aromatic carbocycles. The summed E-state index contributed by atoms with van der Waals surface area (Å²) >= 11 is 1.70. The van der Waals surface area contributed by atoms with Gasteiger partial charge in [0.25, 0.3) is 0 Å². The summed E-state index contributed by atoms with van der Waals surface area (Å²) in [6.07, 6.45) is 2.71. The number of hydrogen-bond acceptors (Lipinski definition) is 6. The van der Waals surface area contributed by atoms with E-state index < -0.39 is 0 Å². The summed E-state index contributed by atoms with van der Waals surface area (Å²) in [5.74, 6) is 0.316. The van der Waals surface area contributed by atoms with Gasteiger partial charge in [-0.1, -0.05) is 12.1 Å². The van der Waals surface area contributed by atoms with Crippen LogP contribution in [0.4, 0.5) is 0 Å². The monoisotopic (exact) mass is 283 g/mol. The zero-order valence-corrected chi connectivity index (χ0v) is 12.0. The maximum Gasteiger partial charge on any atom is 0.156 e. The average Bonchev–Trinajstić information content (AvgIpc) is 2.94. The number of oxime groups is 1. The fraction of sp³-hybridized carbons (Fsp3) is 0.667. The smallest absolute Gasteiger partial charge is 0.156 e. The number of nitrogens with zero attached hydrogens (tertiary/aromatic N) is 4. The minimum absolute atomic E-state index is 0.0482. The van der Waals surface area contributed by atoms with Crippen molar-refractivity contribution in [3.8, 4) is 0 Å². The standard InChI is InChI=1S/C12H21N5OS/c1-2-10(12(13)15-18)17-6-4-16(5-7-17)9-11-14-3-8-19-11/h3,8,10,18H,2,4-7,9H2,1H3,(H2,13,15). The molecule has 7 heteroatoms. The first-order valence-electron chi connectivity index (χ1n) is 6.56. The van der Waals surface area contributed by atoms with Gasteiger partial charge in [0.1, 0.15) is 5.01 Å². The first-order valence-corrected chi connectivity index (χ1v) is 7.44. The summed E-state index contributed by atoms with van der Waals surface area (Å²) in [5, 5.41) is 15.1. The van der Waals surface area contributed by atoms with Gasteiger partial charge in [-0.3, -0.25) is 9.80 Å². The Morgan fingerprint density at radius 2 is 2.26 bits per heavy atom. The fourth-order valence-corrected chi connectivity index (χ4v) is 3.13. The molecule has 1 fully saturated rings. The predicted octanol–water partition coefficient (Wildman–Crippen LogP) is 0.786. The lowest BCUT2D eigenvalue weighted by molar-refractivity contribution is 0.109. The van der Waals surface area contributed by atoms with Crippen LogP contribution in [0, 0.1) is 0 Å². The first kappa shape index (κ1) is 14.2. The van der Waals surface area contributed by atoms with Gasteiger partial charge in [-0.15, -0.1) is 11.3 Å². The van der Waals surface area contributed by atoms with Crippen LogP contribution in [0.1, 0.15) is 18.4 Å². The second-order valence-electron chi connectivity index (χ2n) is 4.69. The third kappa shape index (κ3) is 3.65. The third-order valence-corrected chi connectivity index (χ3v) is 4.30. The van der Waals surface area contributed by atoms with Crippen LogP contribution in [0.3, 0.4) is 0 Å². The fourth-order valence-electron chi connectivity index (χ4n) is 2.48. The summed E-state index contributed by atoms with van der Waals surface area (Å²) in [5.41, 5.74) is 5.74. The molecule has 1 saturated heterocycles. The van der Waals surface area contributed by atoms with Crippen molar-refractivity contribution in [1.29, 1.82) is 0 Å². The van der Waals surface area contributed by atoms with Crippen LogP contribution in [0.25, 0.3) is 0 Å². The van der Waals surface area contributed by atoms with Gasteiger partial charge in [0.2, 0.25) is 0 Å². The summed E-state index contributed by atoms with van der Waals surface area (Å²) in [7, 11) is 0. The maximum absolute atomic E-state index is 8.81. The number of piperazine rings is 1. The van der Waals surface area contributed by atoms with Crippen molar-refractivity contribution in [2.45, 2.75) is 25.9 Å². The average molecular weight is 283 g/mol. The van der Waals surface area contributed by atoms with Gasteiger partial charge < -0.3 is 10.9 Å². The Morgan fingerprint density at radius 3 is 2.79 bits per heavy atom. The molecule has 1 aromatic rings. The van der Waals surface area contributed by atoms with E-state index in [0.29, 0.717) is 5.84 Å². The number of nitrogens with two attached hydrogens (primary N) is 1. The molecule has 6 nitrogen and oxygen atoms in total. The number of rotatable bonds is 5. The van der Waals surface area contributed by atoms with Crippen LogP contribution < -0.4 is 5.73 Å². The van der Waals surface area contributed by atoms with Crippen molar-refractivity contribution in [2.24, 2.45) is 10.9 Å². The summed E-state index contributed by atoms with van der Waals surface area (Å²) in [4.78, 5) is 9.00. The van der Waals surface area contributed by atoms with E-state index in [9.17, 15) is 0 Å². The highest BCUT2D eigenvalue weighted by Crippen LogP contribution is 2.13. The van der Waals surface area contributed by atoms with Crippen molar-refractivity contribution < 1.29 is 5.21 Å². The predicted molar refractivity (Wildman–Crippen MR) is 76.5 cm³/mol. The van der Waals surface area contributed by atoms with Gasteiger partial charge in [-0.2, -0.15) is 0 Å². The molecular formula is C12H21N5OS. The molecule has 1 aliphatic rings. The van der Waals surface area contributed by atoms with Crippen molar-refractivity contribution in [2.75, 3.05) is 26.2 Å². The quantitative estimate of drug-likeness (QED) is 0.361. The summed E-state index contributed by atoms with van der Waals surface area (Å²) in [6.45, 7) is 6.86. The Hall–Kier alpha value is -1.18. The lowest BCUT2D eigenvalue weighted by Crippen LogP contribution is -2.53. The number of aromatic nitrogens is 1. The lowest BCUT2D eigenvalue weighted by atomic mass is 10.1. The Kier molecular flexibility index (Phi) is 5.12. The summed E-state index contributed by atoms with van der Waals surface area (Å²) in [6, 6.07) is 0.0482.